The number of nitrogens with one attached hydrogen (secondary N) is 1. The molecule has 0 aromatic heterocycles. The first-order chi connectivity index (χ1) is 9.09. The van der Waals surface area contributed by atoms with Crippen molar-refractivity contribution in [2.45, 2.75) is 77.9 Å². The van der Waals surface area contributed by atoms with Crippen LogP contribution in [-0.4, -0.2) is 29.6 Å². The van der Waals surface area contributed by atoms with Crippen LogP contribution < -0.4 is 5.32 Å². The maximum absolute atomic E-state index is 12.1. The van der Waals surface area contributed by atoms with Gasteiger partial charge in [-0.2, -0.15) is 0 Å². The second-order valence-electron chi connectivity index (χ2n) is 6.85. The monoisotopic (exact) mass is 266 g/mol. The zero-order chi connectivity index (χ0) is 13.8. The number of carbonyl (C=O) groups is 1. The molecule has 1 heterocycles. The summed E-state index contributed by atoms with van der Waals surface area (Å²) >= 11 is 0. The third kappa shape index (κ3) is 3.71. The van der Waals surface area contributed by atoms with E-state index < -0.39 is 0 Å². The normalized spacial score (nSPS) is 26.6. The Labute approximate surface area is 118 Å². The van der Waals surface area contributed by atoms with Crippen molar-refractivity contribution in [2.75, 3.05) is 6.54 Å². The van der Waals surface area contributed by atoms with E-state index in [1.165, 1.54) is 38.5 Å². The number of nitrogens with zero attached hydrogens (tertiary/aromatic N) is 1. The number of rotatable bonds is 6. The van der Waals surface area contributed by atoms with Gasteiger partial charge < -0.3 is 4.90 Å². The van der Waals surface area contributed by atoms with Crippen molar-refractivity contribution in [3.8, 4) is 0 Å². The SMILES string of the molecule is CC(C)CCCC(C)N1C(=O)CNC1C1CCCC1. The summed E-state index contributed by atoms with van der Waals surface area (Å²) < 4.78 is 0. The average molecular weight is 266 g/mol. The molecule has 1 saturated heterocycles. The van der Waals surface area contributed by atoms with Crippen LogP contribution in [0, 0.1) is 11.8 Å². The van der Waals surface area contributed by atoms with E-state index in [9.17, 15) is 4.79 Å². The smallest absolute Gasteiger partial charge is 0.238 e. The maximum Gasteiger partial charge on any atom is 0.238 e. The molecule has 3 nitrogen and oxygen atoms in total. The van der Waals surface area contributed by atoms with E-state index in [1.54, 1.807) is 0 Å². The highest BCUT2D eigenvalue weighted by Crippen LogP contribution is 2.32. The molecule has 0 bridgehead atoms. The summed E-state index contributed by atoms with van der Waals surface area (Å²) in [5, 5.41) is 3.45. The van der Waals surface area contributed by atoms with Gasteiger partial charge in [0.05, 0.1) is 12.7 Å². The molecule has 2 rings (SSSR count). The van der Waals surface area contributed by atoms with Gasteiger partial charge in [-0.25, -0.2) is 0 Å². The largest absolute Gasteiger partial charge is 0.323 e. The average Bonchev–Trinajstić information content (AvgIpc) is 2.96. The topological polar surface area (TPSA) is 32.3 Å². The van der Waals surface area contributed by atoms with Crippen LogP contribution in [0.4, 0.5) is 0 Å². The first-order valence-corrected chi connectivity index (χ1v) is 8.14. The molecule has 0 aromatic carbocycles. The van der Waals surface area contributed by atoms with E-state index in [1.807, 2.05) is 0 Å². The van der Waals surface area contributed by atoms with Crippen LogP contribution in [0.5, 0.6) is 0 Å². The van der Waals surface area contributed by atoms with Gasteiger partial charge in [0.25, 0.3) is 0 Å². The molecule has 2 aliphatic rings. The molecule has 2 unspecified atom stereocenters. The molecule has 19 heavy (non-hydrogen) atoms. The summed E-state index contributed by atoms with van der Waals surface area (Å²) in [6.45, 7) is 7.33. The van der Waals surface area contributed by atoms with Crippen molar-refractivity contribution in [3.05, 3.63) is 0 Å². The maximum atomic E-state index is 12.1. The van der Waals surface area contributed by atoms with Crippen molar-refractivity contribution in [2.24, 2.45) is 11.8 Å². The van der Waals surface area contributed by atoms with Crippen LogP contribution in [0.25, 0.3) is 0 Å². The minimum atomic E-state index is 0.314. The van der Waals surface area contributed by atoms with Gasteiger partial charge in [-0.05, 0) is 38.0 Å². The Balaban J connectivity index is 1.88. The summed E-state index contributed by atoms with van der Waals surface area (Å²) in [4.78, 5) is 14.3. The van der Waals surface area contributed by atoms with Gasteiger partial charge in [-0.3, -0.25) is 10.1 Å². The van der Waals surface area contributed by atoms with Crippen molar-refractivity contribution in [3.63, 3.8) is 0 Å². The molecular formula is C16H30N2O. The Morgan fingerprint density at radius 3 is 2.53 bits per heavy atom. The van der Waals surface area contributed by atoms with Crippen LogP contribution in [0.15, 0.2) is 0 Å². The lowest BCUT2D eigenvalue weighted by Crippen LogP contribution is -2.47. The molecule has 1 aliphatic carbocycles. The Morgan fingerprint density at radius 1 is 1.21 bits per heavy atom. The summed E-state index contributed by atoms with van der Waals surface area (Å²) in [6, 6.07) is 0.395. The lowest BCUT2D eigenvalue weighted by Gasteiger charge is -2.34. The van der Waals surface area contributed by atoms with Crippen LogP contribution in [0.2, 0.25) is 0 Å². The Morgan fingerprint density at radius 2 is 1.89 bits per heavy atom. The molecule has 2 atom stereocenters. The highest BCUT2D eigenvalue weighted by molar-refractivity contribution is 5.81. The van der Waals surface area contributed by atoms with Gasteiger partial charge in [0.15, 0.2) is 0 Å². The molecule has 3 heteroatoms. The standard InChI is InChI=1S/C16H30N2O/c1-12(2)7-6-8-13(3)18-15(19)11-17-16(18)14-9-4-5-10-14/h12-14,16-17H,4-11H2,1-3H3. The van der Waals surface area contributed by atoms with Crippen LogP contribution in [0.1, 0.15) is 65.7 Å². The van der Waals surface area contributed by atoms with Gasteiger partial charge in [0, 0.05) is 6.04 Å². The number of carbonyl (C=O) groups excluding carboxylic acids is 1. The van der Waals surface area contributed by atoms with Crippen LogP contribution in [-0.2, 0) is 4.79 Å². The summed E-state index contributed by atoms with van der Waals surface area (Å²) in [5.74, 6) is 1.78. The van der Waals surface area contributed by atoms with Gasteiger partial charge in [0.1, 0.15) is 0 Å². The molecule has 0 aromatic rings. The highest BCUT2D eigenvalue weighted by Gasteiger charge is 2.39. The van der Waals surface area contributed by atoms with Crippen molar-refractivity contribution < 1.29 is 4.79 Å². The molecule has 1 aliphatic heterocycles. The number of hydrogen-bond donors (Lipinski definition) is 1. The van der Waals surface area contributed by atoms with Crippen molar-refractivity contribution in [1.29, 1.82) is 0 Å². The summed E-state index contributed by atoms with van der Waals surface area (Å²) in [6.07, 6.45) is 9.24. The van der Waals surface area contributed by atoms with E-state index in [0.717, 1.165) is 12.3 Å². The van der Waals surface area contributed by atoms with E-state index in [-0.39, 0.29) is 0 Å². The Kier molecular flexibility index (Phi) is 5.26. The zero-order valence-electron chi connectivity index (χ0n) is 12.8. The van der Waals surface area contributed by atoms with Gasteiger partial charge in [0.2, 0.25) is 5.91 Å². The first kappa shape index (κ1) is 14.8. The summed E-state index contributed by atoms with van der Waals surface area (Å²) in [7, 11) is 0. The van der Waals surface area contributed by atoms with E-state index in [2.05, 4.69) is 31.0 Å². The molecule has 1 amide bonds. The van der Waals surface area contributed by atoms with Gasteiger partial charge in [-0.15, -0.1) is 0 Å². The fraction of sp³-hybridized carbons (Fsp3) is 0.938. The van der Waals surface area contributed by atoms with Crippen molar-refractivity contribution >= 4 is 5.91 Å². The lowest BCUT2D eigenvalue weighted by molar-refractivity contribution is -0.130. The van der Waals surface area contributed by atoms with Gasteiger partial charge >= 0.3 is 0 Å². The van der Waals surface area contributed by atoms with Crippen molar-refractivity contribution in [1.82, 2.24) is 10.2 Å². The third-order valence-electron chi connectivity index (χ3n) is 4.77. The quantitative estimate of drug-likeness (QED) is 0.801. The predicted molar refractivity (Wildman–Crippen MR) is 78.7 cm³/mol. The Bertz CT molecular complexity index is 297. The fourth-order valence-electron chi connectivity index (χ4n) is 3.68. The molecule has 1 saturated carbocycles. The zero-order valence-corrected chi connectivity index (χ0v) is 12.8. The molecule has 0 spiro atoms. The molecule has 110 valence electrons. The minimum Gasteiger partial charge on any atom is -0.323 e. The van der Waals surface area contributed by atoms with E-state index in [0.29, 0.717) is 30.6 Å². The van der Waals surface area contributed by atoms with E-state index >= 15 is 0 Å². The second-order valence-corrected chi connectivity index (χ2v) is 6.85. The first-order valence-electron chi connectivity index (χ1n) is 8.14. The van der Waals surface area contributed by atoms with E-state index in [4.69, 9.17) is 0 Å². The Hall–Kier alpha value is -0.570. The predicted octanol–water partition coefficient (Wildman–Crippen LogP) is 3.15. The summed E-state index contributed by atoms with van der Waals surface area (Å²) in [5.41, 5.74) is 0. The third-order valence-corrected chi connectivity index (χ3v) is 4.77. The molecule has 0 radical (unpaired) electrons. The van der Waals surface area contributed by atoms with Gasteiger partial charge in [-0.1, -0.05) is 39.5 Å². The fourth-order valence-corrected chi connectivity index (χ4v) is 3.68. The molecular weight excluding hydrogens is 236 g/mol. The second kappa shape index (κ2) is 6.74. The van der Waals surface area contributed by atoms with Crippen LogP contribution >= 0.6 is 0 Å². The number of amides is 1. The molecule has 2 fully saturated rings. The number of hydrogen-bond acceptors (Lipinski definition) is 2. The lowest BCUT2D eigenvalue weighted by atomic mass is 10.00. The highest BCUT2D eigenvalue weighted by atomic mass is 16.2. The molecule has 1 N–H and O–H groups in total. The minimum absolute atomic E-state index is 0.314. The van der Waals surface area contributed by atoms with Crippen LogP contribution in [0.3, 0.4) is 0 Å².